The molecule has 7 rings (SSSR count). The lowest BCUT2D eigenvalue weighted by Gasteiger charge is -2.49. The van der Waals surface area contributed by atoms with Crippen LogP contribution in [0.2, 0.25) is 0 Å². The molecule has 4 amide bonds. The molecule has 3 fully saturated rings. The van der Waals surface area contributed by atoms with Crippen LogP contribution in [0.1, 0.15) is 43.7 Å². The molecule has 1 saturated carbocycles. The Morgan fingerprint density at radius 2 is 1.45 bits per heavy atom. The van der Waals surface area contributed by atoms with E-state index in [0.29, 0.717) is 24.2 Å². The van der Waals surface area contributed by atoms with E-state index in [2.05, 4.69) is 6.92 Å². The molecule has 2 heterocycles. The number of hydrogen-bond acceptors (Lipinski definition) is 5. The highest BCUT2D eigenvalue weighted by molar-refractivity contribution is 6.25. The second kappa shape index (κ2) is 9.51. The molecule has 7 nitrogen and oxygen atoms in total. The molecule has 0 radical (unpaired) electrons. The summed E-state index contributed by atoms with van der Waals surface area (Å²) < 4.78 is 0. The number of carbonyl (C=O) groups excluding carboxylic acids is 4. The molecule has 6 unspecified atom stereocenters. The molecule has 3 aromatic rings. The number of aromatic hydroxyl groups is 1. The summed E-state index contributed by atoms with van der Waals surface area (Å²) in [7, 11) is 0. The first-order valence-corrected chi connectivity index (χ1v) is 14.6. The van der Waals surface area contributed by atoms with Crippen molar-refractivity contribution < 1.29 is 24.3 Å². The lowest BCUT2D eigenvalue weighted by atomic mass is 9.51. The zero-order chi connectivity index (χ0) is 29.3. The number of nitrogens with zero attached hydrogens (tertiary/aromatic N) is 2. The molecule has 4 aliphatic rings. The minimum Gasteiger partial charge on any atom is -0.508 e. The number of allylic oxidation sites excluding steroid dienone is 2. The van der Waals surface area contributed by atoms with Gasteiger partial charge in [-0.05, 0) is 79.6 Å². The van der Waals surface area contributed by atoms with Crippen molar-refractivity contribution in [1.29, 1.82) is 0 Å². The molecule has 0 spiro atoms. The number of amides is 4. The predicted octanol–water partition coefficient (Wildman–Crippen LogP) is 5.39. The lowest BCUT2D eigenvalue weighted by molar-refractivity contribution is -0.131. The Labute approximate surface area is 244 Å². The molecule has 1 N–H and O–H groups in total. The molecule has 212 valence electrons. The van der Waals surface area contributed by atoms with Crippen LogP contribution in [0.3, 0.4) is 0 Å². The molecular weight excluding hydrogens is 528 g/mol. The average Bonchev–Trinajstić information content (AvgIpc) is 3.37. The summed E-state index contributed by atoms with van der Waals surface area (Å²) in [4.78, 5) is 59.0. The quantitative estimate of drug-likeness (QED) is 0.341. The third kappa shape index (κ3) is 3.58. The highest BCUT2D eigenvalue weighted by atomic mass is 16.3. The first kappa shape index (κ1) is 26.4. The van der Waals surface area contributed by atoms with Crippen molar-refractivity contribution in [2.75, 3.05) is 9.80 Å². The van der Waals surface area contributed by atoms with Crippen molar-refractivity contribution in [3.05, 3.63) is 102 Å². The molecule has 2 aliphatic heterocycles. The van der Waals surface area contributed by atoms with Crippen molar-refractivity contribution in [3.8, 4) is 5.75 Å². The number of carbonyl (C=O) groups is 4. The zero-order valence-corrected chi connectivity index (χ0v) is 23.6. The number of aryl methyl sites for hydroxylation is 1. The maximum Gasteiger partial charge on any atom is 0.241 e. The van der Waals surface area contributed by atoms with Crippen LogP contribution in [0.4, 0.5) is 11.4 Å². The van der Waals surface area contributed by atoms with E-state index in [1.54, 1.807) is 48.5 Å². The minimum atomic E-state index is -1.10. The van der Waals surface area contributed by atoms with Gasteiger partial charge in [0.05, 0.1) is 34.5 Å². The number of imide groups is 2. The van der Waals surface area contributed by atoms with Crippen LogP contribution in [0, 0.1) is 29.1 Å². The number of benzene rings is 3. The fourth-order valence-electron chi connectivity index (χ4n) is 8.02. The van der Waals surface area contributed by atoms with E-state index in [4.69, 9.17) is 0 Å². The summed E-state index contributed by atoms with van der Waals surface area (Å²) in [6.45, 7) is 3.92. The molecule has 0 bridgehead atoms. The molecule has 0 aromatic heterocycles. The van der Waals surface area contributed by atoms with Gasteiger partial charge in [-0.2, -0.15) is 0 Å². The minimum absolute atomic E-state index is 0.103. The van der Waals surface area contributed by atoms with Crippen LogP contribution in [-0.2, 0) is 25.6 Å². The number of fused-ring (bicyclic) bond motifs is 4. The van der Waals surface area contributed by atoms with Gasteiger partial charge in [-0.15, -0.1) is 0 Å². The lowest BCUT2D eigenvalue weighted by Crippen LogP contribution is -2.48. The Kier molecular flexibility index (Phi) is 5.98. The fraction of sp³-hybridized carbons (Fsp3) is 0.314. The number of anilines is 2. The highest BCUT2D eigenvalue weighted by Crippen LogP contribution is 2.63. The average molecular weight is 561 g/mol. The second-order valence-corrected chi connectivity index (χ2v) is 12.1. The Morgan fingerprint density at radius 1 is 0.786 bits per heavy atom. The van der Waals surface area contributed by atoms with Gasteiger partial charge in [0.15, 0.2) is 0 Å². The van der Waals surface area contributed by atoms with E-state index in [9.17, 15) is 24.3 Å². The van der Waals surface area contributed by atoms with Gasteiger partial charge in [0.2, 0.25) is 23.6 Å². The van der Waals surface area contributed by atoms with E-state index in [1.807, 2.05) is 43.3 Å². The van der Waals surface area contributed by atoms with Crippen LogP contribution in [0.15, 0.2) is 90.5 Å². The Morgan fingerprint density at radius 3 is 2.12 bits per heavy atom. The summed E-state index contributed by atoms with van der Waals surface area (Å²) in [5, 5.41) is 10.0. The maximum absolute atomic E-state index is 14.3. The Bertz CT molecular complexity index is 1640. The number of phenolic OH excluding ortho intramolecular Hbond substituents is 1. The second-order valence-electron chi connectivity index (χ2n) is 12.1. The van der Waals surface area contributed by atoms with Crippen molar-refractivity contribution in [1.82, 2.24) is 0 Å². The smallest absolute Gasteiger partial charge is 0.241 e. The van der Waals surface area contributed by atoms with Crippen LogP contribution in [0.25, 0.3) is 0 Å². The first-order chi connectivity index (χ1) is 20.3. The van der Waals surface area contributed by atoms with E-state index in [0.717, 1.165) is 23.1 Å². The fourth-order valence-corrected chi connectivity index (χ4v) is 8.02. The largest absolute Gasteiger partial charge is 0.508 e. The summed E-state index contributed by atoms with van der Waals surface area (Å²) in [5.41, 5.74) is 2.85. The first-order valence-electron chi connectivity index (χ1n) is 14.6. The maximum atomic E-state index is 14.3. The number of phenols is 1. The van der Waals surface area contributed by atoms with Gasteiger partial charge in [-0.3, -0.25) is 24.1 Å². The third-order valence-electron chi connectivity index (χ3n) is 10.1. The van der Waals surface area contributed by atoms with Gasteiger partial charge in [-0.1, -0.05) is 61.0 Å². The molecule has 6 atom stereocenters. The molecule has 2 aliphatic carbocycles. The Balaban J connectivity index is 1.34. The zero-order valence-electron chi connectivity index (χ0n) is 23.6. The molecule has 42 heavy (non-hydrogen) atoms. The summed E-state index contributed by atoms with van der Waals surface area (Å²) >= 11 is 0. The van der Waals surface area contributed by atoms with E-state index in [-0.39, 0.29) is 35.3 Å². The van der Waals surface area contributed by atoms with Gasteiger partial charge in [0.1, 0.15) is 5.75 Å². The topological polar surface area (TPSA) is 95.0 Å². The van der Waals surface area contributed by atoms with Gasteiger partial charge in [0.25, 0.3) is 0 Å². The van der Waals surface area contributed by atoms with Gasteiger partial charge < -0.3 is 5.11 Å². The molecular formula is C35H32N2O5. The summed E-state index contributed by atoms with van der Waals surface area (Å²) in [6, 6.07) is 23.3. The standard InChI is InChI=1S/C35H32N2O5/c1-3-20-9-13-23(14-10-20)36-31(39)26-18-17-25-27(29(26)33(36)41)19-28-32(40)37(22-7-5-4-6-8-22)34(42)35(28,2)30(25)21-11-15-24(38)16-12-21/h4-17,26-30,38H,3,18-19H2,1-2H3. The molecule has 2 saturated heterocycles. The number of rotatable bonds is 4. The van der Waals surface area contributed by atoms with E-state index in [1.165, 1.54) is 9.80 Å². The van der Waals surface area contributed by atoms with Crippen molar-refractivity contribution in [2.24, 2.45) is 29.1 Å². The van der Waals surface area contributed by atoms with Crippen LogP contribution >= 0.6 is 0 Å². The van der Waals surface area contributed by atoms with Crippen LogP contribution < -0.4 is 9.80 Å². The van der Waals surface area contributed by atoms with Gasteiger partial charge in [0, 0.05) is 5.92 Å². The van der Waals surface area contributed by atoms with E-state index < -0.39 is 29.1 Å². The molecule has 7 heteroatoms. The van der Waals surface area contributed by atoms with Crippen molar-refractivity contribution in [2.45, 2.75) is 39.0 Å². The van der Waals surface area contributed by atoms with Crippen LogP contribution in [-0.4, -0.2) is 28.7 Å². The molecule has 3 aromatic carbocycles. The number of para-hydroxylation sites is 1. The third-order valence-corrected chi connectivity index (χ3v) is 10.1. The van der Waals surface area contributed by atoms with Crippen molar-refractivity contribution >= 4 is 35.0 Å². The van der Waals surface area contributed by atoms with E-state index >= 15 is 0 Å². The Hall–Kier alpha value is -4.52. The SMILES string of the molecule is CCc1ccc(N2C(=O)C3CC=C4C(CC5C(=O)N(c6ccccc6)C(=O)C5(C)C4c4ccc(O)cc4)C3C2=O)cc1. The van der Waals surface area contributed by atoms with Gasteiger partial charge >= 0.3 is 0 Å². The number of hydrogen-bond donors (Lipinski definition) is 1. The van der Waals surface area contributed by atoms with Gasteiger partial charge in [-0.25, -0.2) is 4.90 Å². The van der Waals surface area contributed by atoms with Crippen molar-refractivity contribution in [3.63, 3.8) is 0 Å². The predicted molar refractivity (Wildman–Crippen MR) is 157 cm³/mol. The monoisotopic (exact) mass is 560 g/mol. The normalized spacial score (nSPS) is 30.2. The summed E-state index contributed by atoms with van der Waals surface area (Å²) in [6.07, 6.45) is 3.61. The highest BCUT2D eigenvalue weighted by Gasteiger charge is 2.67. The summed E-state index contributed by atoms with van der Waals surface area (Å²) in [5.74, 6) is -3.55. The van der Waals surface area contributed by atoms with Crippen LogP contribution in [0.5, 0.6) is 5.75 Å².